The van der Waals surface area contributed by atoms with Gasteiger partial charge in [-0.1, -0.05) is 53.2 Å². The molecule has 2 heterocycles. The van der Waals surface area contributed by atoms with Crippen molar-refractivity contribution in [2.75, 3.05) is 17.4 Å². The maximum Gasteiger partial charge on any atom is 0.229 e. The number of allylic oxidation sites excluding steroid dienone is 1. The van der Waals surface area contributed by atoms with Gasteiger partial charge in [0.05, 0.1) is 34.9 Å². The number of thioether (sulfide) groups is 1. The molecule has 2 aliphatic rings. The highest BCUT2D eigenvalue weighted by atomic mass is 35.5. The molecule has 0 saturated carbocycles. The van der Waals surface area contributed by atoms with Gasteiger partial charge in [-0.15, -0.1) is 0 Å². The van der Waals surface area contributed by atoms with Crippen molar-refractivity contribution < 1.29 is 9.18 Å². The van der Waals surface area contributed by atoms with Crippen molar-refractivity contribution in [1.29, 1.82) is 5.26 Å². The van der Waals surface area contributed by atoms with E-state index in [0.717, 1.165) is 0 Å². The number of anilines is 1. The standard InChI is InChI=1S/C20H14Cl2FN3OS/c21-14-4-3-5-15(22)19(14)12-8-18(27)26-10-25(11-28-20(26)13(12)9-24)17-7-2-1-6-16(17)23/h1-7,12H,8,10-11H2/t12-/m1/s1. The summed E-state index contributed by atoms with van der Waals surface area (Å²) in [7, 11) is 0. The summed E-state index contributed by atoms with van der Waals surface area (Å²) in [6, 6.07) is 13.8. The van der Waals surface area contributed by atoms with E-state index in [1.54, 1.807) is 46.2 Å². The normalized spacial score (nSPS) is 19.5. The molecule has 1 atom stereocenters. The fourth-order valence-corrected chi connectivity index (χ4v) is 5.33. The van der Waals surface area contributed by atoms with Crippen LogP contribution in [-0.2, 0) is 4.79 Å². The Bertz CT molecular complexity index is 1020. The Kier molecular flexibility index (Phi) is 5.24. The first-order valence-electron chi connectivity index (χ1n) is 8.52. The summed E-state index contributed by atoms with van der Waals surface area (Å²) >= 11 is 14.0. The second kappa shape index (κ2) is 7.67. The Morgan fingerprint density at radius 2 is 1.86 bits per heavy atom. The molecule has 8 heteroatoms. The summed E-state index contributed by atoms with van der Waals surface area (Å²) < 4.78 is 14.2. The molecule has 0 N–H and O–H groups in total. The lowest BCUT2D eigenvalue weighted by Crippen LogP contribution is -2.47. The number of nitrogens with zero attached hydrogens (tertiary/aromatic N) is 3. The third-order valence-corrected chi connectivity index (χ3v) is 6.65. The van der Waals surface area contributed by atoms with Crippen LogP contribution in [0, 0.1) is 17.1 Å². The molecule has 0 unspecified atom stereocenters. The van der Waals surface area contributed by atoms with Crippen LogP contribution in [0.3, 0.4) is 0 Å². The predicted molar refractivity (Wildman–Crippen MR) is 110 cm³/mol. The van der Waals surface area contributed by atoms with Gasteiger partial charge in [-0.05, 0) is 29.8 Å². The lowest BCUT2D eigenvalue weighted by atomic mass is 9.86. The minimum Gasteiger partial charge on any atom is -0.341 e. The van der Waals surface area contributed by atoms with Crippen LogP contribution in [0.4, 0.5) is 10.1 Å². The average molecular weight is 434 g/mol. The summed E-state index contributed by atoms with van der Waals surface area (Å²) in [6.45, 7) is 0.191. The van der Waals surface area contributed by atoms with E-state index in [9.17, 15) is 14.4 Å². The molecule has 1 saturated heterocycles. The maximum absolute atomic E-state index is 14.2. The van der Waals surface area contributed by atoms with Crippen molar-refractivity contribution in [2.24, 2.45) is 0 Å². The van der Waals surface area contributed by atoms with Gasteiger partial charge in [0.1, 0.15) is 5.82 Å². The smallest absolute Gasteiger partial charge is 0.229 e. The number of fused-ring (bicyclic) bond motifs is 1. The van der Waals surface area contributed by atoms with Crippen molar-refractivity contribution in [3.05, 3.63) is 74.5 Å². The average Bonchev–Trinajstić information content (AvgIpc) is 2.68. The molecule has 2 aliphatic heterocycles. The lowest BCUT2D eigenvalue weighted by molar-refractivity contribution is -0.129. The van der Waals surface area contributed by atoms with Gasteiger partial charge in [0.25, 0.3) is 0 Å². The van der Waals surface area contributed by atoms with Gasteiger partial charge in [-0.25, -0.2) is 4.39 Å². The van der Waals surface area contributed by atoms with Gasteiger partial charge in [-0.2, -0.15) is 5.26 Å². The molecular formula is C20H14Cl2FN3OS. The summed E-state index contributed by atoms with van der Waals surface area (Å²) in [5.41, 5.74) is 1.49. The molecular weight excluding hydrogens is 420 g/mol. The third-order valence-electron chi connectivity index (χ3n) is 4.83. The zero-order chi connectivity index (χ0) is 19.8. The van der Waals surface area contributed by atoms with Gasteiger partial charge >= 0.3 is 0 Å². The second-order valence-electron chi connectivity index (χ2n) is 6.45. The van der Waals surface area contributed by atoms with E-state index >= 15 is 0 Å². The number of halogens is 3. The molecule has 0 spiro atoms. The lowest BCUT2D eigenvalue weighted by Gasteiger charge is -2.42. The van der Waals surface area contributed by atoms with Crippen molar-refractivity contribution in [3.8, 4) is 6.07 Å². The minimum absolute atomic E-state index is 0.0848. The number of rotatable bonds is 2. The van der Waals surface area contributed by atoms with Crippen LogP contribution in [0.1, 0.15) is 17.9 Å². The van der Waals surface area contributed by atoms with E-state index < -0.39 is 5.92 Å². The molecule has 1 amide bonds. The zero-order valence-corrected chi connectivity index (χ0v) is 16.9. The topological polar surface area (TPSA) is 47.3 Å². The molecule has 1 fully saturated rings. The van der Waals surface area contributed by atoms with Gasteiger partial charge in [0.2, 0.25) is 5.91 Å². The van der Waals surface area contributed by atoms with Gasteiger partial charge in [0.15, 0.2) is 0 Å². The fraction of sp³-hybridized carbons (Fsp3) is 0.200. The fourth-order valence-electron chi connectivity index (χ4n) is 3.51. The van der Waals surface area contributed by atoms with Crippen LogP contribution in [0.25, 0.3) is 0 Å². The van der Waals surface area contributed by atoms with E-state index in [1.807, 2.05) is 0 Å². The first kappa shape index (κ1) is 19.1. The number of benzene rings is 2. The Labute approximate surface area is 176 Å². The number of hydrogen-bond acceptors (Lipinski definition) is 4. The molecule has 4 rings (SSSR count). The van der Waals surface area contributed by atoms with Crippen molar-refractivity contribution in [3.63, 3.8) is 0 Å². The van der Waals surface area contributed by atoms with Gasteiger partial charge in [0, 0.05) is 22.4 Å². The summed E-state index contributed by atoms with van der Waals surface area (Å²) in [5.74, 6) is -0.559. The number of para-hydroxylation sites is 1. The first-order chi connectivity index (χ1) is 13.5. The molecule has 4 nitrogen and oxygen atoms in total. The van der Waals surface area contributed by atoms with Crippen molar-refractivity contribution in [2.45, 2.75) is 12.3 Å². The molecule has 2 aromatic rings. The molecule has 0 aliphatic carbocycles. The van der Waals surface area contributed by atoms with E-state index in [4.69, 9.17) is 23.2 Å². The first-order valence-corrected chi connectivity index (χ1v) is 10.3. The molecule has 2 aromatic carbocycles. The Morgan fingerprint density at radius 3 is 2.54 bits per heavy atom. The quantitative estimate of drug-likeness (QED) is 0.639. The number of carbonyl (C=O) groups excluding carboxylic acids is 1. The van der Waals surface area contributed by atoms with Crippen LogP contribution in [-0.4, -0.2) is 23.4 Å². The largest absolute Gasteiger partial charge is 0.341 e. The number of carbonyl (C=O) groups is 1. The van der Waals surface area contributed by atoms with E-state index in [-0.39, 0.29) is 24.8 Å². The number of amides is 1. The molecule has 142 valence electrons. The maximum atomic E-state index is 14.2. The van der Waals surface area contributed by atoms with Crippen molar-refractivity contribution >= 4 is 46.6 Å². The summed E-state index contributed by atoms with van der Waals surface area (Å²) in [4.78, 5) is 16.2. The van der Waals surface area contributed by atoms with Crippen LogP contribution in [0.5, 0.6) is 0 Å². The van der Waals surface area contributed by atoms with Crippen LogP contribution < -0.4 is 4.90 Å². The molecule has 0 radical (unpaired) electrons. The third kappa shape index (κ3) is 3.24. The molecule has 28 heavy (non-hydrogen) atoms. The van der Waals surface area contributed by atoms with E-state index in [2.05, 4.69) is 6.07 Å². The Balaban J connectivity index is 1.73. The Morgan fingerprint density at radius 1 is 1.14 bits per heavy atom. The second-order valence-corrected chi connectivity index (χ2v) is 8.20. The number of nitriles is 1. The van der Waals surface area contributed by atoms with E-state index in [0.29, 0.717) is 37.8 Å². The molecule has 0 aromatic heterocycles. The summed E-state index contributed by atoms with van der Waals surface area (Å²) in [5, 5.41) is 11.3. The van der Waals surface area contributed by atoms with Crippen molar-refractivity contribution in [1.82, 2.24) is 4.90 Å². The number of hydrogen-bond donors (Lipinski definition) is 0. The molecule has 0 bridgehead atoms. The summed E-state index contributed by atoms with van der Waals surface area (Å²) in [6.07, 6.45) is 0.0848. The van der Waals surface area contributed by atoms with Crippen LogP contribution >= 0.6 is 35.0 Å². The van der Waals surface area contributed by atoms with Crippen LogP contribution in [0.15, 0.2) is 53.1 Å². The monoisotopic (exact) mass is 433 g/mol. The predicted octanol–water partition coefficient (Wildman–Crippen LogP) is 5.35. The highest BCUT2D eigenvalue weighted by molar-refractivity contribution is 8.03. The van der Waals surface area contributed by atoms with Crippen LogP contribution in [0.2, 0.25) is 10.0 Å². The highest BCUT2D eigenvalue weighted by Crippen LogP contribution is 2.46. The minimum atomic E-state index is -0.488. The Hall–Kier alpha value is -2.20. The van der Waals surface area contributed by atoms with Gasteiger partial charge in [-0.3, -0.25) is 9.69 Å². The van der Waals surface area contributed by atoms with E-state index in [1.165, 1.54) is 17.8 Å². The highest BCUT2D eigenvalue weighted by Gasteiger charge is 2.39. The van der Waals surface area contributed by atoms with Gasteiger partial charge < -0.3 is 4.90 Å². The SMILES string of the molecule is N#CC1=C2SCN(c3ccccc3F)CN2C(=O)C[C@H]1c1c(Cl)cccc1Cl. The zero-order valence-electron chi connectivity index (χ0n) is 14.5.